The van der Waals surface area contributed by atoms with E-state index in [4.69, 9.17) is 21.1 Å². The highest BCUT2D eigenvalue weighted by Gasteiger charge is 2.25. The number of benzene rings is 2. The van der Waals surface area contributed by atoms with Gasteiger partial charge in [0.25, 0.3) is 0 Å². The maximum atomic E-state index is 12.4. The molecule has 23 heavy (non-hydrogen) atoms. The average Bonchev–Trinajstić information content (AvgIpc) is 2.52. The highest BCUT2D eigenvalue weighted by molar-refractivity contribution is 6.21. The van der Waals surface area contributed by atoms with E-state index < -0.39 is 24.2 Å². The van der Waals surface area contributed by atoms with Gasteiger partial charge in [-0.25, -0.2) is 0 Å². The molecule has 122 valence electrons. The van der Waals surface area contributed by atoms with E-state index in [1.54, 1.807) is 24.3 Å². The third-order valence-corrected chi connectivity index (χ3v) is 3.08. The third kappa shape index (κ3) is 6.65. The summed E-state index contributed by atoms with van der Waals surface area (Å²) in [5.74, 6) is 0.558. The predicted molar refractivity (Wildman–Crippen MR) is 82.8 cm³/mol. The second-order valence-corrected chi connectivity index (χ2v) is 5.39. The summed E-state index contributed by atoms with van der Waals surface area (Å²) in [4.78, 5) is 11.4. The number of carbonyl (C=O) groups excluding carboxylic acids is 1. The minimum Gasteiger partial charge on any atom is -0.461 e. The van der Waals surface area contributed by atoms with Gasteiger partial charge in [-0.15, -0.1) is 0 Å². The van der Waals surface area contributed by atoms with E-state index in [0.717, 1.165) is 0 Å². The first kappa shape index (κ1) is 17.2. The van der Waals surface area contributed by atoms with Crippen molar-refractivity contribution in [3.63, 3.8) is 0 Å². The standard InChI is InChI=1S/C17H15ClF2O3/c18-17(19,20)10-9-16(21)22-12-13-5-4-8-15(11-13)23-14-6-2-1-3-7-14/h1-8,11H,9-10,12H2. The smallest absolute Gasteiger partial charge is 0.322 e. The molecule has 0 saturated heterocycles. The molecular formula is C17H15ClF2O3. The normalized spacial score (nSPS) is 11.1. The lowest BCUT2D eigenvalue weighted by Crippen LogP contribution is -2.11. The highest BCUT2D eigenvalue weighted by Crippen LogP contribution is 2.25. The molecule has 2 aromatic rings. The molecule has 6 heteroatoms. The van der Waals surface area contributed by atoms with Gasteiger partial charge in [-0.1, -0.05) is 30.3 Å². The molecule has 2 rings (SSSR count). The van der Waals surface area contributed by atoms with Gasteiger partial charge < -0.3 is 9.47 Å². The fourth-order valence-corrected chi connectivity index (χ4v) is 1.90. The Labute approximate surface area is 137 Å². The van der Waals surface area contributed by atoms with Crippen LogP contribution < -0.4 is 4.74 Å². The van der Waals surface area contributed by atoms with Gasteiger partial charge in [-0.3, -0.25) is 4.79 Å². The van der Waals surface area contributed by atoms with Crippen LogP contribution in [0.15, 0.2) is 54.6 Å². The van der Waals surface area contributed by atoms with Crippen LogP contribution in [0.25, 0.3) is 0 Å². The van der Waals surface area contributed by atoms with Gasteiger partial charge in [0.05, 0.1) is 6.42 Å². The molecule has 0 aliphatic carbocycles. The van der Waals surface area contributed by atoms with Gasteiger partial charge >= 0.3 is 11.4 Å². The molecule has 0 N–H and O–H groups in total. The Morgan fingerprint density at radius 3 is 2.43 bits per heavy atom. The molecule has 0 amide bonds. The number of carbonyl (C=O) groups is 1. The number of alkyl halides is 3. The topological polar surface area (TPSA) is 35.5 Å². The molecule has 0 fully saturated rings. The van der Waals surface area contributed by atoms with E-state index in [1.807, 2.05) is 30.3 Å². The van der Waals surface area contributed by atoms with Gasteiger partial charge in [-0.2, -0.15) is 8.78 Å². The summed E-state index contributed by atoms with van der Waals surface area (Å²) in [6.45, 7) is -0.0152. The van der Waals surface area contributed by atoms with Crippen molar-refractivity contribution in [1.82, 2.24) is 0 Å². The fraction of sp³-hybridized carbons (Fsp3) is 0.235. The third-order valence-electron chi connectivity index (χ3n) is 2.89. The molecule has 0 aliphatic rings. The largest absolute Gasteiger partial charge is 0.461 e. The number of hydrogen-bond donors (Lipinski definition) is 0. The van der Waals surface area contributed by atoms with Crippen LogP contribution in [-0.2, 0) is 16.1 Å². The number of para-hydroxylation sites is 1. The van der Waals surface area contributed by atoms with E-state index in [0.29, 0.717) is 17.1 Å². The maximum absolute atomic E-state index is 12.4. The Bertz CT molecular complexity index is 642. The molecule has 0 heterocycles. The predicted octanol–water partition coefficient (Wildman–Crippen LogP) is 5.13. The summed E-state index contributed by atoms with van der Waals surface area (Å²) in [6, 6.07) is 16.2. The van der Waals surface area contributed by atoms with E-state index >= 15 is 0 Å². The first-order chi connectivity index (χ1) is 10.9. The zero-order valence-electron chi connectivity index (χ0n) is 12.2. The van der Waals surface area contributed by atoms with E-state index in [-0.39, 0.29) is 6.61 Å². The molecule has 0 spiro atoms. The molecule has 0 radical (unpaired) electrons. The van der Waals surface area contributed by atoms with E-state index in [9.17, 15) is 13.6 Å². The van der Waals surface area contributed by atoms with Crippen molar-refractivity contribution in [2.75, 3.05) is 0 Å². The van der Waals surface area contributed by atoms with Crippen molar-refractivity contribution in [2.45, 2.75) is 24.8 Å². The zero-order chi connectivity index (χ0) is 16.7. The molecule has 0 bridgehead atoms. The number of halogens is 3. The first-order valence-corrected chi connectivity index (χ1v) is 7.34. The summed E-state index contributed by atoms with van der Waals surface area (Å²) < 4.78 is 35.5. The summed E-state index contributed by atoms with van der Waals surface area (Å²) in [7, 11) is 0. The number of hydrogen-bond acceptors (Lipinski definition) is 3. The highest BCUT2D eigenvalue weighted by atomic mass is 35.5. The SMILES string of the molecule is O=C(CCC(F)(F)Cl)OCc1cccc(Oc2ccccc2)c1. The van der Waals surface area contributed by atoms with Crippen LogP contribution >= 0.6 is 11.6 Å². The minimum atomic E-state index is -3.39. The van der Waals surface area contributed by atoms with Crippen LogP contribution in [0.1, 0.15) is 18.4 Å². The summed E-state index contributed by atoms with van der Waals surface area (Å²) in [5, 5.41) is -3.39. The fourth-order valence-electron chi connectivity index (χ4n) is 1.80. The minimum absolute atomic E-state index is 0.0152. The second kappa shape index (κ2) is 7.92. The monoisotopic (exact) mass is 340 g/mol. The molecule has 0 aromatic heterocycles. The van der Waals surface area contributed by atoms with Crippen molar-refractivity contribution in [2.24, 2.45) is 0 Å². The lowest BCUT2D eigenvalue weighted by molar-refractivity contribution is -0.146. The molecule has 3 nitrogen and oxygen atoms in total. The van der Waals surface area contributed by atoms with Gasteiger partial charge in [0.1, 0.15) is 18.1 Å². The van der Waals surface area contributed by atoms with Crippen LogP contribution in [0, 0.1) is 0 Å². The first-order valence-electron chi connectivity index (χ1n) is 6.96. The van der Waals surface area contributed by atoms with E-state index in [1.165, 1.54) is 0 Å². The quantitative estimate of drug-likeness (QED) is 0.517. The van der Waals surface area contributed by atoms with Crippen LogP contribution in [0.4, 0.5) is 8.78 Å². The second-order valence-electron chi connectivity index (χ2n) is 4.84. The molecular weight excluding hydrogens is 326 g/mol. The Balaban J connectivity index is 1.86. The molecule has 0 unspecified atom stereocenters. The van der Waals surface area contributed by atoms with Crippen LogP contribution in [0.5, 0.6) is 11.5 Å². The number of rotatable bonds is 7. The number of ether oxygens (including phenoxy) is 2. The lowest BCUT2D eigenvalue weighted by Gasteiger charge is -2.09. The maximum Gasteiger partial charge on any atom is 0.322 e. The molecule has 0 aliphatic heterocycles. The Morgan fingerprint density at radius 1 is 1.04 bits per heavy atom. The summed E-state index contributed by atoms with van der Waals surface area (Å²) in [5.41, 5.74) is 0.699. The van der Waals surface area contributed by atoms with Crippen LogP contribution in [0.3, 0.4) is 0 Å². The van der Waals surface area contributed by atoms with Crippen molar-refractivity contribution < 1.29 is 23.0 Å². The van der Waals surface area contributed by atoms with Crippen molar-refractivity contribution in [1.29, 1.82) is 0 Å². The van der Waals surface area contributed by atoms with Gasteiger partial charge in [0, 0.05) is 6.42 Å². The van der Waals surface area contributed by atoms with E-state index in [2.05, 4.69) is 0 Å². The van der Waals surface area contributed by atoms with Crippen molar-refractivity contribution >= 4 is 17.6 Å². The van der Waals surface area contributed by atoms with Gasteiger partial charge in [0.15, 0.2) is 0 Å². The molecule has 0 atom stereocenters. The Hall–Kier alpha value is -2.14. The van der Waals surface area contributed by atoms with Crippen molar-refractivity contribution in [3.05, 3.63) is 60.2 Å². The van der Waals surface area contributed by atoms with Crippen LogP contribution in [0.2, 0.25) is 0 Å². The molecule has 2 aromatic carbocycles. The van der Waals surface area contributed by atoms with Crippen LogP contribution in [-0.4, -0.2) is 11.4 Å². The van der Waals surface area contributed by atoms with Crippen molar-refractivity contribution in [3.8, 4) is 11.5 Å². The summed E-state index contributed by atoms with van der Waals surface area (Å²) in [6.07, 6.45) is -1.18. The lowest BCUT2D eigenvalue weighted by atomic mass is 10.2. The summed E-state index contributed by atoms with van der Waals surface area (Å²) >= 11 is 4.73. The molecule has 0 saturated carbocycles. The Morgan fingerprint density at radius 2 is 1.74 bits per heavy atom. The zero-order valence-corrected chi connectivity index (χ0v) is 12.9. The Kier molecular flexibility index (Phi) is 5.93. The number of esters is 1. The average molecular weight is 341 g/mol. The van der Waals surface area contributed by atoms with Gasteiger partial charge in [0.2, 0.25) is 0 Å². The van der Waals surface area contributed by atoms with Gasteiger partial charge in [-0.05, 0) is 41.4 Å².